The number of nitrogens with one attached hydrogen (secondary N) is 1. The van der Waals surface area contributed by atoms with Gasteiger partial charge in [-0.05, 0) is 36.9 Å². The summed E-state index contributed by atoms with van der Waals surface area (Å²) in [5.41, 5.74) is 1.13. The first kappa shape index (κ1) is 12.5. The molecule has 88 valence electrons. The molecule has 0 saturated heterocycles. The highest BCUT2D eigenvalue weighted by atomic mass is 35.5. The smallest absolute Gasteiger partial charge is 0.0462 e. The minimum atomic E-state index is 0.801. The SMILES string of the molecule is CNCc1ccc(Sc2ccccc2)cc1Cl. The van der Waals surface area contributed by atoms with Crippen LogP contribution in [0.2, 0.25) is 5.02 Å². The van der Waals surface area contributed by atoms with Gasteiger partial charge in [-0.15, -0.1) is 0 Å². The normalized spacial score (nSPS) is 10.5. The topological polar surface area (TPSA) is 12.0 Å². The Morgan fingerprint density at radius 2 is 1.82 bits per heavy atom. The summed E-state index contributed by atoms with van der Waals surface area (Å²) >= 11 is 7.94. The van der Waals surface area contributed by atoms with Crippen LogP contribution < -0.4 is 5.32 Å². The molecule has 0 spiro atoms. The van der Waals surface area contributed by atoms with E-state index < -0.39 is 0 Å². The summed E-state index contributed by atoms with van der Waals surface area (Å²) in [5.74, 6) is 0. The van der Waals surface area contributed by atoms with E-state index in [0.29, 0.717) is 0 Å². The quantitative estimate of drug-likeness (QED) is 0.887. The van der Waals surface area contributed by atoms with E-state index in [1.165, 1.54) is 9.79 Å². The lowest BCUT2D eigenvalue weighted by Gasteiger charge is -2.06. The van der Waals surface area contributed by atoms with Crippen LogP contribution in [-0.2, 0) is 6.54 Å². The van der Waals surface area contributed by atoms with Crippen molar-refractivity contribution < 1.29 is 0 Å². The van der Waals surface area contributed by atoms with Crippen LogP contribution in [0.4, 0.5) is 0 Å². The van der Waals surface area contributed by atoms with Gasteiger partial charge in [-0.3, -0.25) is 0 Å². The van der Waals surface area contributed by atoms with Gasteiger partial charge in [0.25, 0.3) is 0 Å². The lowest BCUT2D eigenvalue weighted by molar-refractivity contribution is 0.817. The van der Waals surface area contributed by atoms with Gasteiger partial charge in [0.15, 0.2) is 0 Å². The number of benzene rings is 2. The highest BCUT2D eigenvalue weighted by Gasteiger charge is 2.02. The molecule has 0 unspecified atom stereocenters. The van der Waals surface area contributed by atoms with E-state index in [9.17, 15) is 0 Å². The van der Waals surface area contributed by atoms with Gasteiger partial charge in [-0.2, -0.15) is 0 Å². The van der Waals surface area contributed by atoms with E-state index in [4.69, 9.17) is 11.6 Å². The van der Waals surface area contributed by atoms with Gasteiger partial charge in [-0.1, -0.05) is 47.6 Å². The minimum Gasteiger partial charge on any atom is -0.316 e. The summed E-state index contributed by atoms with van der Waals surface area (Å²) in [7, 11) is 1.92. The van der Waals surface area contributed by atoms with Gasteiger partial charge in [-0.25, -0.2) is 0 Å². The van der Waals surface area contributed by atoms with Crippen LogP contribution in [0.3, 0.4) is 0 Å². The lowest BCUT2D eigenvalue weighted by Crippen LogP contribution is -2.05. The van der Waals surface area contributed by atoms with E-state index in [1.54, 1.807) is 11.8 Å². The van der Waals surface area contributed by atoms with Crippen LogP contribution in [0.1, 0.15) is 5.56 Å². The Hall–Kier alpha value is -0.960. The van der Waals surface area contributed by atoms with Crippen molar-refractivity contribution in [2.24, 2.45) is 0 Å². The molecule has 17 heavy (non-hydrogen) atoms. The molecule has 0 heterocycles. The van der Waals surface area contributed by atoms with Crippen LogP contribution in [0.5, 0.6) is 0 Å². The second-order valence-electron chi connectivity index (χ2n) is 3.70. The molecule has 0 atom stereocenters. The van der Waals surface area contributed by atoms with Crippen molar-refractivity contribution in [1.82, 2.24) is 5.32 Å². The van der Waals surface area contributed by atoms with Gasteiger partial charge in [0.1, 0.15) is 0 Å². The van der Waals surface area contributed by atoms with E-state index in [2.05, 4.69) is 29.6 Å². The van der Waals surface area contributed by atoms with E-state index >= 15 is 0 Å². The summed E-state index contributed by atoms with van der Waals surface area (Å²) in [4.78, 5) is 2.39. The number of rotatable bonds is 4. The second kappa shape index (κ2) is 6.10. The molecule has 0 bridgehead atoms. The molecule has 0 fully saturated rings. The molecule has 0 aliphatic heterocycles. The van der Waals surface area contributed by atoms with Crippen molar-refractivity contribution in [3.05, 3.63) is 59.1 Å². The summed E-state index contributed by atoms with van der Waals surface area (Å²) in [6, 6.07) is 16.5. The fraction of sp³-hybridized carbons (Fsp3) is 0.143. The van der Waals surface area contributed by atoms with Crippen LogP contribution in [0.25, 0.3) is 0 Å². The molecule has 0 radical (unpaired) electrons. The Morgan fingerprint density at radius 1 is 1.06 bits per heavy atom. The van der Waals surface area contributed by atoms with Crippen molar-refractivity contribution in [2.75, 3.05) is 7.05 Å². The monoisotopic (exact) mass is 263 g/mol. The minimum absolute atomic E-state index is 0.801. The second-order valence-corrected chi connectivity index (χ2v) is 5.25. The van der Waals surface area contributed by atoms with E-state index in [1.807, 2.05) is 31.3 Å². The molecule has 1 N–H and O–H groups in total. The van der Waals surface area contributed by atoms with Crippen LogP contribution in [-0.4, -0.2) is 7.05 Å². The molecule has 1 nitrogen and oxygen atoms in total. The van der Waals surface area contributed by atoms with Crippen molar-refractivity contribution in [3.8, 4) is 0 Å². The summed E-state index contributed by atoms with van der Waals surface area (Å²) in [5, 5.41) is 3.92. The average molecular weight is 264 g/mol. The summed E-state index contributed by atoms with van der Waals surface area (Å²) < 4.78 is 0. The molecule has 3 heteroatoms. The van der Waals surface area contributed by atoms with Crippen molar-refractivity contribution in [2.45, 2.75) is 16.3 Å². The van der Waals surface area contributed by atoms with Crippen LogP contribution in [0, 0.1) is 0 Å². The molecule has 2 aromatic rings. The largest absolute Gasteiger partial charge is 0.316 e. The van der Waals surface area contributed by atoms with Gasteiger partial charge < -0.3 is 5.32 Å². The third-order valence-corrected chi connectivity index (χ3v) is 3.72. The fourth-order valence-corrected chi connectivity index (χ4v) is 2.74. The molecular formula is C14H14ClNS. The maximum absolute atomic E-state index is 6.22. The van der Waals surface area contributed by atoms with Gasteiger partial charge in [0, 0.05) is 21.4 Å². The zero-order chi connectivity index (χ0) is 12.1. The number of halogens is 1. The predicted molar refractivity (Wildman–Crippen MR) is 74.8 cm³/mol. The highest BCUT2D eigenvalue weighted by Crippen LogP contribution is 2.30. The zero-order valence-corrected chi connectivity index (χ0v) is 11.2. The molecule has 2 rings (SSSR count). The van der Waals surface area contributed by atoms with Gasteiger partial charge >= 0.3 is 0 Å². The molecule has 0 saturated carbocycles. The zero-order valence-electron chi connectivity index (χ0n) is 9.61. The third-order valence-electron chi connectivity index (χ3n) is 2.37. The number of hydrogen-bond donors (Lipinski definition) is 1. The molecule has 2 aromatic carbocycles. The van der Waals surface area contributed by atoms with Gasteiger partial charge in [0.05, 0.1) is 0 Å². The van der Waals surface area contributed by atoms with Crippen molar-refractivity contribution in [1.29, 1.82) is 0 Å². The van der Waals surface area contributed by atoms with Crippen LogP contribution in [0.15, 0.2) is 58.3 Å². The summed E-state index contributed by atoms with van der Waals surface area (Å²) in [6.45, 7) is 0.801. The standard InChI is InChI=1S/C14H14ClNS/c1-16-10-11-7-8-13(9-14(11)15)17-12-5-3-2-4-6-12/h2-9,16H,10H2,1H3. The molecule has 0 aliphatic rings. The predicted octanol–water partition coefficient (Wildman–Crippen LogP) is 4.21. The Kier molecular flexibility index (Phi) is 4.49. The summed E-state index contributed by atoms with van der Waals surface area (Å²) in [6.07, 6.45) is 0. The van der Waals surface area contributed by atoms with Crippen molar-refractivity contribution in [3.63, 3.8) is 0 Å². The van der Waals surface area contributed by atoms with Crippen molar-refractivity contribution >= 4 is 23.4 Å². The maximum atomic E-state index is 6.22. The molecular weight excluding hydrogens is 250 g/mol. The lowest BCUT2D eigenvalue weighted by atomic mass is 10.2. The van der Waals surface area contributed by atoms with E-state index in [0.717, 1.165) is 17.1 Å². The fourth-order valence-electron chi connectivity index (χ4n) is 1.55. The molecule has 0 amide bonds. The first-order valence-electron chi connectivity index (χ1n) is 5.45. The maximum Gasteiger partial charge on any atom is 0.0462 e. The Balaban J connectivity index is 2.15. The first-order chi connectivity index (χ1) is 8.29. The Morgan fingerprint density at radius 3 is 2.47 bits per heavy atom. The van der Waals surface area contributed by atoms with E-state index in [-0.39, 0.29) is 0 Å². The first-order valence-corrected chi connectivity index (χ1v) is 6.65. The van der Waals surface area contributed by atoms with Gasteiger partial charge in [0.2, 0.25) is 0 Å². The highest BCUT2D eigenvalue weighted by molar-refractivity contribution is 7.99. The Labute approximate surface area is 111 Å². The molecule has 0 aliphatic carbocycles. The third kappa shape index (κ3) is 3.50. The van der Waals surface area contributed by atoms with Crippen LogP contribution >= 0.6 is 23.4 Å². The average Bonchev–Trinajstić information content (AvgIpc) is 2.34. The number of hydrogen-bond acceptors (Lipinski definition) is 2. The Bertz CT molecular complexity index is 485. The molecule has 0 aromatic heterocycles.